The normalized spacial score (nSPS) is 11.8. The van der Waals surface area contributed by atoms with Gasteiger partial charge >= 0.3 is 0 Å². The van der Waals surface area contributed by atoms with Crippen LogP contribution in [-0.4, -0.2) is 9.97 Å². The summed E-state index contributed by atoms with van der Waals surface area (Å²) in [5, 5.41) is 3.05. The van der Waals surface area contributed by atoms with E-state index in [1.54, 1.807) is 11.3 Å². The maximum Gasteiger partial charge on any atom is 0.123 e. The van der Waals surface area contributed by atoms with Crippen LogP contribution >= 0.6 is 11.3 Å². The molecular weight excluding hydrogens is 458 g/mol. The number of aromatic nitrogens is 2. The average Bonchev–Trinajstić information content (AvgIpc) is 3.46. The van der Waals surface area contributed by atoms with Crippen molar-refractivity contribution in [3.63, 3.8) is 0 Å². The lowest BCUT2D eigenvalue weighted by Gasteiger charge is -2.28. The molecule has 0 fully saturated rings. The molecule has 170 valence electrons. The topological polar surface area (TPSA) is 29.0 Å². The Balaban J connectivity index is 1.53. The van der Waals surface area contributed by atoms with E-state index in [0.717, 1.165) is 38.9 Å². The van der Waals surface area contributed by atoms with E-state index >= 15 is 0 Å². The van der Waals surface area contributed by atoms with Gasteiger partial charge in [-0.05, 0) is 47.5 Å². The molecular formula is C32H21N3S. The molecule has 2 aromatic heterocycles. The van der Waals surface area contributed by atoms with Crippen molar-refractivity contribution in [1.29, 1.82) is 0 Å². The van der Waals surface area contributed by atoms with E-state index in [4.69, 9.17) is 0 Å². The van der Waals surface area contributed by atoms with Crippen molar-refractivity contribution in [2.24, 2.45) is 0 Å². The maximum absolute atomic E-state index is 4.60. The number of rotatable bonds is 3. The van der Waals surface area contributed by atoms with Crippen LogP contribution in [0.5, 0.6) is 0 Å². The van der Waals surface area contributed by atoms with E-state index in [-0.39, 0.29) is 0 Å². The molecule has 6 aromatic rings. The Morgan fingerprint density at radius 3 is 2.08 bits per heavy atom. The fourth-order valence-electron chi connectivity index (χ4n) is 5.04. The van der Waals surface area contributed by atoms with E-state index in [1.165, 1.54) is 22.3 Å². The first-order chi connectivity index (χ1) is 17.9. The Bertz CT molecular complexity index is 1690. The molecule has 4 aromatic carbocycles. The highest BCUT2D eigenvalue weighted by atomic mass is 32.1. The maximum atomic E-state index is 4.60. The standard InChI is InChI=1S/C32H21N3S/c1-2-11-26-25(10-1)27-12-3-4-14-30(27)35(24-9-7-8-22(20-24)29-13-5-6-17-33-29)31-21-23(15-16-28(26)31)32-34-18-19-36-32/h1-21H. The molecule has 7 rings (SSSR count). The summed E-state index contributed by atoms with van der Waals surface area (Å²) in [6.45, 7) is 0. The Morgan fingerprint density at radius 2 is 1.31 bits per heavy atom. The number of para-hydroxylation sites is 1. The van der Waals surface area contributed by atoms with Crippen molar-refractivity contribution in [2.75, 3.05) is 4.90 Å². The van der Waals surface area contributed by atoms with Crippen LogP contribution in [0.4, 0.5) is 17.1 Å². The number of hydrogen-bond acceptors (Lipinski definition) is 4. The van der Waals surface area contributed by atoms with E-state index in [1.807, 2.05) is 29.9 Å². The molecule has 0 unspecified atom stereocenters. The van der Waals surface area contributed by atoms with Gasteiger partial charge in [-0.25, -0.2) is 4.98 Å². The molecule has 0 bridgehead atoms. The third-order valence-corrected chi connectivity index (χ3v) is 7.46. The van der Waals surface area contributed by atoms with Gasteiger partial charge in [-0.15, -0.1) is 11.3 Å². The van der Waals surface area contributed by atoms with Crippen molar-refractivity contribution in [3.8, 4) is 44.1 Å². The first kappa shape index (κ1) is 20.8. The first-order valence-electron chi connectivity index (χ1n) is 11.9. The van der Waals surface area contributed by atoms with Gasteiger partial charge in [0.15, 0.2) is 0 Å². The van der Waals surface area contributed by atoms with Gasteiger partial charge in [-0.2, -0.15) is 0 Å². The molecule has 0 saturated carbocycles. The molecule has 0 spiro atoms. The zero-order valence-corrected chi connectivity index (χ0v) is 20.2. The SMILES string of the molecule is c1ccc(-c2cccc(N3c4ccccc4-c4ccccc4-c4ccc(-c5nccs5)cc43)c2)nc1. The Kier molecular flexibility index (Phi) is 4.97. The summed E-state index contributed by atoms with van der Waals surface area (Å²) >= 11 is 1.66. The van der Waals surface area contributed by atoms with E-state index in [2.05, 4.69) is 112 Å². The van der Waals surface area contributed by atoms with Gasteiger partial charge in [0.1, 0.15) is 5.01 Å². The van der Waals surface area contributed by atoms with Gasteiger partial charge < -0.3 is 4.90 Å². The number of nitrogens with zero attached hydrogens (tertiary/aromatic N) is 3. The quantitative estimate of drug-likeness (QED) is 0.253. The fourth-order valence-corrected chi connectivity index (χ4v) is 5.67. The highest BCUT2D eigenvalue weighted by Gasteiger charge is 2.26. The molecule has 3 nitrogen and oxygen atoms in total. The van der Waals surface area contributed by atoms with E-state index in [0.29, 0.717) is 0 Å². The van der Waals surface area contributed by atoms with Gasteiger partial charge in [0.25, 0.3) is 0 Å². The van der Waals surface area contributed by atoms with Crippen molar-refractivity contribution in [3.05, 3.63) is 127 Å². The minimum Gasteiger partial charge on any atom is -0.309 e. The van der Waals surface area contributed by atoms with Crippen LogP contribution in [0.15, 0.2) is 127 Å². The highest BCUT2D eigenvalue weighted by Crippen LogP contribution is 2.51. The van der Waals surface area contributed by atoms with Gasteiger partial charge in [0.2, 0.25) is 0 Å². The lowest BCUT2D eigenvalue weighted by molar-refractivity contribution is 1.28. The molecule has 1 aliphatic rings. The Labute approximate surface area is 214 Å². The van der Waals surface area contributed by atoms with Crippen molar-refractivity contribution in [2.45, 2.75) is 0 Å². The van der Waals surface area contributed by atoms with Crippen LogP contribution in [-0.2, 0) is 0 Å². The second kappa shape index (κ2) is 8.59. The second-order valence-corrected chi connectivity index (χ2v) is 9.63. The Hall–Kier alpha value is -4.54. The average molecular weight is 480 g/mol. The number of benzene rings is 4. The summed E-state index contributed by atoms with van der Waals surface area (Å²) in [5.41, 5.74) is 11.4. The zero-order valence-electron chi connectivity index (χ0n) is 19.4. The summed E-state index contributed by atoms with van der Waals surface area (Å²) in [5.74, 6) is 0. The van der Waals surface area contributed by atoms with E-state index < -0.39 is 0 Å². The molecule has 0 aliphatic carbocycles. The van der Waals surface area contributed by atoms with Crippen molar-refractivity contribution in [1.82, 2.24) is 9.97 Å². The third-order valence-electron chi connectivity index (χ3n) is 6.64. The minimum atomic E-state index is 0.961. The second-order valence-electron chi connectivity index (χ2n) is 8.73. The van der Waals surface area contributed by atoms with Gasteiger partial charge in [0, 0.05) is 45.7 Å². The molecule has 4 heteroatoms. The monoisotopic (exact) mass is 479 g/mol. The lowest BCUT2D eigenvalue weighted by atomic mass is 9.94. The van der Waals surface area contributed by atoms with Crippen LogP contribution in [0, 0.1) is 0 Å². The van der Waals surface area contributed by atoms with Crippen LogP contribution in [0.3, 0.4) is 0 Å². The molecule has 0 radical (unpaired) electrons. The number of thiazole rings is 1. The molecule has 36 heavy (non-hydrogen) atoms. The molecule has 0 saturated heterocycles. The minimum absolute atomic E-state index is 0.961. The highest BCUT2D eigenvalue weighted by molar-refractivity contribution is 7.13. The van der Waals surface area contributed by atoms with Gasteiger partial charge in [-0.1, -0.05) is 72.8 Å². The van der Waals surface area contributed by atoms with Crippen molar-refractivity contribution < 1.29 is 0 Å². The largest absolute Gasteiger partial charge is 0.309 e. The first-order valence-corrected chi connectivity index (χ1v) is 12.8. The lowest BCUT2D eigenvalue weighted by Crippen LogP contribution is -2.11. The van der Waals surface area contributed by atoms with Crippen LogP contribution in [0.1, 0.15) is 0 Å². The van der Waals surface area contributed by atoms with Crippen molar-refractivity contribution >= 4 is 28.4 Å². The van der Waals surface area contributed by atoms with Crippen LogP contribution < -0.4 is 4.90 Å². The molecule has 0 N–H and O–H groups in total. The Morgan fingerprint density at radius 1 is 0.528 bits per heavy atom. The zero-order chi connectivity index (χ0) is 23.9. The summed E-state index contributed by atoms with van der Waals surface area (Å²) in [4.78, 5) is 11.6. The van der Waals surface area contributed by atoms with E-state index in [9.17, 15) is 0 Å². The molecule has 3 heterocycles. The summed E-state index contributed by atoms with van der Waals surface area (Å²) in [6, 6.07) is 38.8. The summed E-state index contributed by atoms with van der Waals surface area (Å²) in [7, 11) is 0. The summed E-state index contributed by atoms with van der Waals surface area (Å²) < 4.78 is 0. The number of fused-ring (bicyclic) bond motifs is 5. The smallest absolute Gasteiger partial charge is 0.123 e. The van der Waals surface area contributed by atoms with Crippen LogP contribution in [0.2, 0.25) is 0 Å². The fraction of sp³-hybridized carbons (Fsp3) is 0. The predicted molar refractivity (Wildman–Crippen MR) is 150 cm³/mol. The molecule has 1 aliphatic heterocycles. The van der Waals surface area contributed by atoms with Gasteiger partial charge in [-0.3, -0.25) is 4.98 Å². The number of anilines is 3. The molecule has 0 amide bonds. The summed E-state index contributed by atoms with van der Waals surface area (Å²) in [6.07, 6.45) is 3.71. The predicted octanol–water partition coefficient (Wildman–Crippen LogP) is 8.99. The number of hydrogen-bond donors (Lipinski definition) is 0. The third kappa shape index (κ3) is 3.43. The van der Waals surface area contributed by atoms with Crippen LogP contribution in [0.25, 0.3) is 44.1 Å². The molecule has 0 atom stereocenters. The van der Waals surface area contributed by atoms with Gasteiger partial charge in [0.05, 0.1) is 17.1 Å². The number of pyridine rings is 1.